The summed E-state index contributed by atoms with van der Waals surface area (Å²) < 4.78 is 42.7. The van der Waals surface area contributed by atoms with Crippen molar-refractivity contribution in [2.45, 2.75) is 25.4 Å². The first-order chi connectivity index (χ1) is 8.34. The molecule has 18 heavy (non-hydrogen) atoms. The number of rotatable bonds is 1. The van der Waals surface area contributed by atoms with Crippen LogP contribution in [0.4, 0.5) is 18.2 Å². The third-order valence-corrected chi connectivity index (χ3v) is 4.26. The first-order valence-corrected chi connectivity index (χ1v) is 6.21. The van der Waals surface area contributed by atoms with E-state index >= 15 is 0 Å². The summed E-state index contributed by atoms with van der Waals surface area (Å²) in [5.74, 6) is -2.06. The van der Waals surface area contributed by atoms with Crippen LogP contribution in [-0.2, 0) is 17.6 Å². The molecule has 1 aliphatic rings. The molecular formula is C11H12F3NO2S. The average Bonchev–Trinajstić information content (AvgIpc) is 2.61. The summed E-state index contributed by atoms with van der Waals surface area (Å²) in [6, 6.07) is 0. The number of halogens is 3. The Morgan fingerprint density at radius 1 is 1.50 bits per heavy atom. The predicted molar refractivity (Wildman–Crippen MR) is 61.6 cm³/mol. The number of carbonyl (C=O) groups is 1. The average molecular weight is 279 g/mol. The van der Waals surface area contributed by atoms with Gasteiger partial charge in [-0.15, -0.1) is 11.3 Å². The van der Waals surface area contributed by atoms with Crippen LogP contribution < -0.4 is 5.73 Å². The molecule has 3 nitrogen and oxygen atoms in total. The van der Waals surface area contributed by atoms with Crippen molar-refractivity contribution in [3.8, 4) is 0 Å². The normalized spacial score (nSPS) is 19.4. The zero-order valence-corrected chi connectivity index (χ0v) is 10.5. The van der Waals surface area contributed by atoms with E-state index in [2.05, 4.69) is 4.74 Å². The second-order valence-corrected chi connectivity index (χ2v) is 5.35. The fourth-order valence-corrected chi connectivity index (χ4v) is 3.31. The topological polar surface area (TPSA) is 52.3 Å². The van der Waals surface area contributed by atoms with Gasteiger partial charge in [-0.05, 0) is 24.8 Å². The molecule has 1 aromatic heterocycles. The Balaban J connectivity index is 2.38. The van der Waals surface area contributed by atoms with Gasteiger partial charge in [0.2, 0.25) is 0 Å². The number of aryl methyl sites for hydroxylation is 1. The highest BCUT2D eigenvalue weighted by Gasteiger charge is 2.43. The minimum absolute atomic E-state index is 0.0526. The van der Waals surface area contributed by atoms with Crippen molar-refractivity contribution >= 4 is 22.3 Å². The summed E-state index contributed by atoms with van der Waals surface area (Å²) in [7, 11) is 1.19. The van der Waals surface area contributed by atoms with Gasteiger partial charge in [0, 0.05) is 4.88 Å². The lowest BCUT2D eigenvalue weighted by molar-refractivity contribution is -0.177. The Hall–Kier alpha value is -1.24. The predicted octanol–water partition coefficient (Wildman–Crippen LogP) is 2.78. The monoisotopic (exact) mass is 279 g/mol. The van der Waals surface area contributed by atoms with Crippen molar-refractivity contribution in [2.24, 2.45) is 5.92 Å². The fourth-order valence-electron chi connectivity index (χ4n) is 2.21. The fraction of sp³-hybridized carbons (Fsp3) is 0.545. The molecule has 0 fully saturated rings. The number of hydrogen-bond donors (Lipinski definition) is 1. The number of anilines is 1. The van der Waals surface area contributed by atoms with E-state index < -0.39 is 18.1 Å². The number of nitrogen functional groups attached to an aromatic ring is 1. The van der Waals surface area contributed by atoms with E-state index in [1.807, 2.05) is 0 Å². The Bertz CT molecular complexity index is 481. The van der Waals surface area contributed by atoms with Crippen LogP contribution >= 0.6 is 11.3 Å². The molecule has 1 heterocycles. The van der Waals surface area contributed by atoms with E-state index in [4.69, 9.17) is 5.73 Å². The standard InChI is InChI=1S/C11H12F3NO2S/c1-17-10(16)8-6-4-5(11(12,13)14)2-3-7(6)18-9(8)15/h5H,2-4,15H2,1H3. The lowest BCUT2D eigenvalue weighted by Gasteiger charge is -2.24. The summed E-state index contributed by atoms with van der Waals surface area (Å²) in [5, 5.41) is 0.245. The number of ether oxygens (including phenoxy) is 1. The van der Waals surface area contributed by atoms with E-state index in [-0.39, 0.29) is 23.4 Å². The number of alkyl halides is 3. The van der Waals surface area contributed by atoms with E-state index in [0.717, 1.165) is 4.88 Å². The first kappa shape index (κ1) is 13.2. The highest BCUT2D eigenvalue weighted by atomic mass is 32.1. The van der Waals surface area contributed by atoms with Crippen molar-refractivity contribution < 1.29 is 22.7 Å². The van der Waals surface area contributed by atoms with Crippen molar-refractivity contribution in [1.29, 1.82) is 0 Å². The lowest BCUT2D eigenvalue weighted by atomic mass is 9.86. The number of hydrogen-bond acceptors (Lipinski definition) is 4. The minimum atomic E-state index is -4.23. The second kappa shape index (κ2) is 4.46. The van der Waals surface area contributed by atoms with Crippen LogP contribution in [0.2, 0.25) is 0 Å². The number of thiophene rings is 1. The molecule has 0 aliphatic heterocycles. The Labute approximate surface area is 106 Å². The zero-order chi connectivity index (χ0) is 13.5. The van der Waals surface area contributed by atoms with Gasteiger partial charge in [-0.1, -0.05) is 0 Å². The van der Waals surface area contributed by atoms with Gasteiger partial charge in [-0.2, -0.15) is 13.2 Å². The van der Waals surface area contributed by atoms with Crippen LogP contribution in [0.25, 0.3) is 0 Å². The molecular weight excluding hydrogens is 267 g/mol. The Kier molecular flexibility index (Phi) is 3.27. The highest BCUT2D eigenvalue weighted by molar-refractivity contribution is 7.16. The summed E-state index contributed by atoms with van der Waals surface area (Å²) in [4.78, 5) is 12.3. The summed E-state index contributed by atoms with van der Waals surface area (Å²) in [6.07, 6.45) is -4.05. The molecule has 2 N–H and O–H groups in total. The van der Waals surface area contributed by atoms with E-state index in [1.54, 1.807) is 0 Å². The lowest BCUT2D eigenvalue weighted by Crippen LogP contribution is -2.29. The molecule has 1 aliphatic carbocycles. The van der Waals surface area contributed by atoms with Gasteiger partial charge in [0.05, 0.1) is 18.6 Å². The number of carbonyl (C=O) groups excluding carboxylic acids is 1. The second-order valence-electron chi connectivity index (χ2n) is 4.22. The third-order valence-electron chi connectivity index (χ3n) is 3.14. The van der Waals surface area contributed by atoms with Crippen molar-refractivity contribution in [3.05, 3.63) is 16.0 Å². The molecule has 1 aromatic rings. The smallest absolute Gasteiger partial charge is 0.392 e. The zero-order valence-electron chi connectivity index (χ0n) is 9.63. The van der Waals surface area contributed by atoms with Gasteiger partial charge in [0.25, 0.3) is 0 Å². The van der Waals surface area contributed by atoms with Crippen LogP contribution in [0.1, 0.15) is 27.2 Å². The maximum absolute atomic E-state index is 12.7. The molecule has 0 aromatic carbocycles. The summed E-state index contributed by atoms with van der Waals surface area (Å²) in [6.45, 7) is 0. The molecule has 0 amide bonds. The molecule has 0 saturated heterocycles. The van der Waals surface area contributed by atoms with Gasteiger partial charge in [0.15, 0.2) is 0 Å². The molecule has 7 heteroatoms. The van der Waals surface area contributed by atoms with Gasteiger partial charge >= 0.3 is 12.1 Å². The molecule has 2 rings (SSSR count). The van der Waals surface area contributed by atoms with Crippen molar-refractivity contribution in [3.63, 3.8) is 0 Å². The van der Waals surface area contributed by atoms with Crippen LogP contribution in [0.3, 0.4) is 0 Å². The number of esters is 1. The van der Waals surface area contributed by atoms with Crippen molar-refractivity contribution in [2.75, 3.05) is 12.8 Å². The van der Waals surface area contributed by atoms with Gasteiger partial charge in [0.1, 0.15) is 5.00 Å². The van der Waals surface area contributed by atoms with Gasteiger partial charge in [-0.3, -0.25) is 0 Å². The SMILES string of the molecule is COC(=O)c1c(N)sc2c1CC(C(F)(F)F)CC2. The molecule has 0 saturated carbocycles. The molecule has 0 bridgehead atoms. The number of fused-ring (bicyclic) bond motifs is 1. The van der Waals surface area contributed by atoms with Crippen LogP contribution in [0.5, 0.6) is 0 Å². The quantitative estimate of drug-likeness (QED) is 0.804. The summed E-state index contributed by atoms with van der Waals surface area (Å²) in [5.41, 5.74) is 6.22. The van der Waals surface area contributed by atoms with Crippen molar-refractivity contribution in [1.82, 2.24) is 0 Å². The number of nitrogens with two attached hydrogens (primary N) is 1. The van der Waals surface area contributed by atoms with Gasteiger partial charge < -0.3 is 10.5 Å². The largest absolute Gasteiger partial charge is 0.465 e. The molecule has 100 valence electrons. The van der Waals surface area contributed by atoms with Gasteiger partial charge in [-0.25, -0.2) is 4.79 Å². The highest BCUT2D eigenvalue weighted by Crippen LogP contribution is 2.43. The Morgan fingerprint density at radius 3 is 2.72 bits per heavy atom. The number of methoxy groups -OCH3 is 1. The molecule has 1 atom stereocenters. The maximum Gasteiger partial charge on any atom is 0.392 e. The van der Waals surface area contributed by atoms with Crippen LogP contribution in [-0.4, -0.2) is 19.3 Å². The van der Waals surface area contributed by atoms with E-state index in [0.29, 0.717) is 12.0 Å². The minimum Gasteiger partial charge on any atom is -0.465 e. The third kappa shape index (κ3) is 2.19. The first-order valence-electron chi connectivity index (χ1n) is 5.39. The molecule has 0 radical (unpaired) electrons. The maximum atomic E-state index is 12.7. The van der Waals surface area contributed by atoms with Crippen LogP contribution in [0, 0.1) is 5.92 Å². The molecule has 0 spiro atoms. The Morgan fingerprint density at radius 2 is 2.17 bits per heavy atom. The summed E-state index contributed by atoms with van der Waals surface area (Å²) >= 11 is 1.18. The van der Waals surface area contributed by atoms with E-state index in [9.17, 15) is 18.0 Å². The van der Waals surface area contributed by atoms with Crippen LogP contribution in [0.15, 0.2) is 0 Å². The van der Waals surface area contributed by atoms with E-state index in [1.165, 1.54) is 18.4 Å². The molecule has 1 unspecified atom stereocenters.